The Morgan fingerprint density at radius 2 is 2.26 bits per heavy atom. The van der Waals surface area contributed by atoms with Gasteiger partial charge >= 0.3 is 0 Å². The maximum Gasteiger partial charge on any atom is 0.150 e. The van der Waals surface area contributed by atoms with Gasteiger partial charge in [-0.25, -0.2) is 4.98 Å². The van der Waals surface area contributed by atoms with Crippen LogP contribution in [0.15, 0.2) is 30.7 Å². The second kappa shape index (κ2) is 6.23. The summed E-state index contributed by atoms with van der Waals surface area (Å²) < 4.78 is 2.44. The van der Waals surface area contributed by atoms with Crippen LogP contribution in [0.5, 0.6) is 0 Å². The molecule has 2 bridgehead atoms. The number of nitrogens with one attached hydrogen (secondary N) is 1. The molecule has 5 heteroatoms. The molecule has 5 nitrogen and oxygen atoms in total. The first-order valence-corrected chi connectivity index (χ1v) is 9.98. The van der Waals surface area contributed by atoms with Crippen LogP contribution >= 0.6 is 0 Å². The Morgan fingerprint density at radius 3 is 3.11 bits per heavy atom. The fourth-order valence-electron chi connectivity index (χ4n) is 5.84. The van der Waals surface area contributed by atoms with Gasteiger partial charge in [0.05, 0.1) is 18.0 Å². The van der Waals surface area contributed by atoms with E-state index in [4.69, 9.17) is 5.26 Å². The SMILES string of the molecule is CC1C[C@@H]2C[C@H](CC1C(=O)CC#N)[C@H](n1ccc3cnc4[nH]ccc4c31)C2.[HH]. The standard InChI is InChI=1S/C22H24N4O.H2/c1-13-8-14-9-16(11-18(13)20(27)2-5-23)19(10-14)26-7-4-15-12-25-22-17(21(15)26)3-6-24-22;/h3-4,6-7,12-14,16,18-19H,2,8-11H2,1H3,(H,24,25);1H/t13?,14-,16-,18?,19-;/m1./s1. The zero-order valence-corrected chi connectivity index (χ0v) is 15.6. The second-order valence-electron chi connectivity index (χ2n) is 8.55. The molecule has 2 unspecified atom stereocenters. The van der Waals surface area contributed by atoms with Gasteiger partial charge in [0, 0.05) is 42.7 Å². The minimum Gasteiger partial charge on any atom is -0.346 e. The number of aromatic amines is 1. The summed E-state index contributed by atoms with van der Waals surface area (Å²) in [5, 5.41) is 11.3. The van der Waals surface area contributed by atoms with E-state index in [1.807, 2.05) is 12.4 Å². The topological polar surface area (TPSA) is 74.5 Å². The minimum atomic E-state index is 0. The van der Waals surface area contributed by atoms with E-state index in [-0.39, 0.29) is 19.5 Å². The maximum absolute atomic E-state index is 12.5. The molecule has 1 N–H and O–H groups in total. The molecule has 5 rings (SSSR count). The molecule has 3 aromatic rings. The van der Waals surface area contributed by atoms with Crippen molar-refractivity contribution in [3.05, 3.63) is 30.7 Å². The van der Waals surface area contributed by atoms with Crippen LogP contribution < -0.4 is 0 Å². The Labute approximate surface area is 159 Å². The predicted molar refractivity (Wildman–Crippen MR) is 106 cm³/mol. The lowest BCUT2D eigenvalue weighted by Crippen LogP contribution is -2.27. The molecule has 5 atom stereocenters. The van der Waals surface area contributed by atoms with Crippen molar-refractivity contribution < 1.29 is 6.22 Å². The van der Waals surface area contributed by atoms with Gasteiger partial charge < -0.3 is 9.55 Å². The summed E-state index contributed by atoms with van der Waals surface area (Å²) in [6.45, 7) is 2.20. The lowest BCUT2D eigenvalue weighted by Gasteiger charge is -2.30. The molecule has 140 valence electrons. The molecule has 27 heavy (non-hydrogen) atoms. The number of carbonyl (C=O) groups is 1. The van der Waals surface area contributed by atoms with Crippen LogP contribution in [0.3, 0.4) is 0 Å². The Morgan fingerprint density at radius 1 is 1.37 bits per heavy atom. The summed E-state index contributed by atoms with van der Waals surface area (Å²) in [6.07, 6.45) is 10.6. The van der Waals surface area contributed by atoms with E-state index >= 15 is 0 Å². The molecule has 2 aliphatic carbocycles. The first-order chi connectivity index (χ1) is 13.2. The number of hydrogen-bond acceptors (Lipinski definition) is 3. The Hall–Kier alpha value is -2.61. The number of aromatic nitrogens is 3. The molecule has 0 spiro atoms. The zero-order valence-electron chi connectivity index (χ0n) is 15.6. The summed E-state index contributed by atoms with van der Waals surface area (Å²) in [5.74, 6) is 1.76. The summed E-state index contributed by atoms with van der Waals surface area (Å²) in [4.78, 5) is 20.3. The molecule has 2 aliphatic rings. The van der Waals surface area contributed by atoms with E-state index in [2.05, 4.69) is 45.9 Å². The van der Waals surface area contributed by atoms with E-state index in [0.717, 1.165) is 18.5 Å². The molecule has 2 saturated carbocycles. The van der Waals surface area contributed by atoms with Crippen molar-refractivity contribution in [2.45, 2.75) is 45.1 Å². The van der Waals surface area contributed by atoms with Gasteiger partial charge in [0.15, 0.2) is 0 Å². The predicted octanol–water partition coefficient (Wildman–Crippen LogP) is 4.86. The largest absolute Gasteiger partial charge is 0.346 e. The minimum absolute atomic E-state index is 0. The van der Waals surface area contributed by atoms with Crippen LogP contribution in [0, 0.1) is 35.0 Å². The third kappa shape index (κ3) is 2.58. The zero-order chi connectivity index (χ0) is 18.5. The summed E-state index contributed by atoms with van der Waals surface area (Å²) >= 11 is 0. The highest BCUT2D eigenvalue weighted by atomic mass is 16.1. The number of nitriles is 1. The third-order valence-electron chi connectivity index (χ3n) is 6.99. The molecule has 0 radical (unpaired) electrons. The van der Waals surface area contributed by atoms with E-state index in [1.165, 1.54) is 29.1 Å². The Bertz CT molecular complexity index is 1060. The first-order valence-electron chi connectivity index (χ1n) is 9.98. The van der Waals surface area contributed by atoms with Crippen molar-refractivity contribution in [1.82, 2.24) is 14.5 Å². The monoisotopic (exact) mass is 362 g/mol. The second-order valence-corrected chi connectivity index (χ2v) is 8.55. The lowest BCUT2D eigenvalue weighted by molar-refractivity contribution is -0.124. The van der Waals surface area contributed by atoms with Crippen LogP contribution in [-0.2, 0) is 4.79 Å². The summed E-state index contributed by atoms with van der Waals surface area (Å²) in [7, 11) is 0. The molecular formula is C22H26N4O. The third-order valence-corrected chi connectivity index (χ3v) is 6.99. The molecule has 0 aliphatic heterocycles. The van der Waals surface area contributed by atoms with Crippen molar-refractivity contribution in [3.63, 3.8) is 0 Å². The smallest absolute Gasteiger partial charge is 0.150 e. The average Bonchev–Trinajstić information content (AvgIpc) is 3.33. The molecule has 0 saturated heterocycles. The molecule has 3 heterocycles. The van der Waals surface area contributed by atoms with Gasteiger partial charge in [-0.3, -0.25) is 4.79 Å². The maximum atomic E-state index is 12.5. The highest BCUT2D eigenvalue weighted by molar-refractivity contribution is 6.02. The number of H-pyrrole nitrogens is 1. The quantitative estimate of drug-likeness (QED) is 0.723. The van der Waals surface area contributed by atoms with Crippen molar-refractivity contribution >= 4 is 27.7 Å². The highest BCUT2D eigenvalue weighted by Gasteiger charge is 2.43. The Kier molecular flexibility index (Phi) is 3.82. The number of carbonyl (C=O) groups excluding carboxylic acids is 1. The van der Waals surface area contributed by atoms with Crippen molar-refractivity contribution in [2.24, 2.45) is 23.7 Å². The first kappa shape index (κ1) is 16.6. The van der Waals surface area contributed by atoms with Crippen LogP contribution in [0.1, 0.15) is 46.5 Å². The fraction of sp³-hybridized carbons (Fsp3) is 0.500. The van der Waals surface area contributed by atoms with E-state index < -0.39 is 0 Å². The number of Topliss-reactive ketones (excluding diaryl/α,β-unsaturated/α-hetero) is 1. The van der Waals surface area contributed by atoms with Gasteiger partial charge in [0.2, 0.25) is 0 Å². The molecule has 2 fully saturated rings. The molecule has 0 amide bonds. The number of pyridine rings is 1. The van der Waals surface area contributed by atoms with Crippen molar-refractivity contribution in [1.29, 1.82) is 5.26 Å². The number of ketones is 1. The summed E-state index contributed by atoms with van der Waals surface area (Å²) in [5.41, 5.74) is 2.18. The number of nitrogens with zero attached hydrogens (tertiary/aromatic N) is 3. The molecule has 3 aromatic heterocycles. The van der Waals surface area contributed by atoms with Gasteiger partial charge in [-0.15, -0.1) is 0 Å². The van der Waals surface area contributed by atoms with Gasteiger partial charge in [0.1, 0.15) is 11.4 Å². The highest BCUT2D eigenvalue weighted by Crippen LogP contribution is 2.51. The summed E-state index contributed by atoms with van der Waals surface area (Å²) in [6, 6.07) is 6.76. The lowest BCUT2D eigenvalue weighted by atomic mass is 9.78. The Balaban J connectivity index is 0.00000192. The van der Waals surface area contributed by atoms with Gasteiger partial charge in [-0.2, -0.15) is 5.26 Å². The van der Waals surface area contributed by atoms with Gasteiger partial charge in [-0.1, -0.05) is 6.92 Å². The number of hydrogen-bond donors (Lipinski definition) is 1. The normalized spacial score (nSPS) is 30.4. The van der Waals surface area contributed by atoms with Crippen LogP contribution in [-0.4, -0.2) is 20.3 Å². The number of fused-ring (bicyclic) bond motifs is 5. The van der Waals surface area contributed by atoms with Gasteiger partial charge in [-0.05, 0) is 55.6 Å². The van der Waals surface area contributed by atoms with Gasteiger partial charge in [0.25, 0.3) is 0 Å². The van der Waals surface area contributed by atoms with E-state index in [1.54, 1.807) is 0 Å². The van der Waals surface area contributed by atoms with Crippen LogP contribution in [0.4, 0.5) is 0 Å². The van der Waals surface area contributed by atoms with Crippen molar-refractivity contribution in [2.75, 3.05) is 0 Å². The van der Waals surface area contributed by atoms with Crippen LogP contribution in [0.2, 0.25) is 0 Å². The fourth-order valence-corrected chi connectivity index (χ4v) is 5.84. The molecular weight excluding hydrogens is 336 g/mol. The van der Waals surface area contributed by atoms with Crippen molar-refractivity contribution in [3.8, 4) is 6.07 Å². The molecule has 0 aromatic carbocycles. The van der Waals surface area contributed by atoms with Crippen LogP contribution in [0.25, 0.3) is 21.9 Å². The average molecular weight is 362 g/mol. The van der Waals surface area contributed by atoms with E-state index in [0.29, 0.717) is 23.8 Å². The number of rotatable bonds is 3. The van der Waals surface area contributed by atoms with E-state index in [9.17, 15) is 4.79 Å².